The van der Waals surface area contributed by atoms with E-state index in [0.29, 0.717) is 18.7 Å². The molecule has 0 saturated carbocycles. The lowest BCUT2D eigenvalue weighted by molar-refractivity contribution is -0.144. The van der Waals surface area contributed by atoms with E-state index in [1.165, 1.54) is 12.3 Å². The van der Waals surface area contributed by atoms with Gasteiger partial charge in [0.2, 0.25) is 5.22 Å². The number of carboxylic acids is 1. The van der Waals surface area contributed by atoms with Gasteiger partial charge in [-0.05, 0) is 17.7 Å². The van der Waals surface area contributed by atoms with Gasteiger partial charge in [-0.25, -0.2) is 0 Å². The van der Waals surface area contributed by atoms with Crippen LogP contribution in [0.4, 0.5) is 0 Å². The molecule has 1 saturated heterocycles. The fourth-order valence-corrected chi connectivity index (χ4v) is 2.01. The molecular weight excluding hydrogens is 246 g/mol. The second kappa shape index (κ2) is 4.41. The van der Waals surface area contributed by atoms with Crippen LogP contribution in [0, 0.1) is 11.8 Å². The van der Waals surface area contributed by atoms with Crippen molar-refractivity contribution in [1.29, 1.82) is 0 Å². The maximum absolute atomic E-state index is 11.9. The molecule has 92 valence electrons. The Morgan fingerprint density at radius 3 is 2.71 bits per heavy atom. The summed E-state index contributed by atoms with van der Waals surface area (Å²) in [5.74, 6) is -1.46. The highest BCUT2D eigenvalue weighted by Crippen LogP contribution is 2.27. The summed E-state index contributed by atoms with van der Waals surface area (Å²) >= 11 is 5.70. The number of likely N-dealkylation sites (tertiary alicyclic amines) is 1. The van der Waals surface area contributed by atoms with E-state index in [9.17, 15) is 9.59 Å². The van der Waals surface area contributed by atoms with Crippen molar-refractivity contribution in [2.24, 2.45) is 11.8 Å². The highest BCUT2D eigenvalue weighted by atomic mass is 35.5. The first kappa shape index (κ1) is 12.0. The first-order valence-electron chi connectivity index (χ1n) is 5.25. The van der Waals surface area contributed by atoms with Crippen molar-refractivity contribution in [3.05, 3.63) is 23.1 Å². The first-order chi connectivity index (χ1) is 8.00. The van der Waals surface area contributed by atoms with Crippen LogP contribution in [0.1, 0.15) is 17.3 Å². The lowest BCUT2D eigenvalue weighted by Gasteiger charge is -2.41. The third-order valence-electron chi connectivity index (χ3n) is 3.14. The Bertz CT molecular complexity index is 450. The Kier molecular flexibility index (Phi) is 3.11. The van der Waals surface area contributed by atoms with E-state index in [1.54, 1.807) is 11.8 Å². The molecule has 0 aliphatic carbocycles. The van der Waals surface area contributed by atoms with Gasteiger partial charge in [0.1, 0.15) is 0 Å². The minimum Gasteiger partial charge on any atom is -0.481 e. The van der Waals surface area contributed by atoms with E-state index in [0.717, 1.165) is 0 Å². The largest absolute Gasteiger partial charge is 0.481 e. The van der Waals surface area contributed by atoms with Crippen molar-refractivity contribution in [2.45, 2.75) is 6.92 Å². The summed E-state index contributed by atoms with van der Waals surface area (Å²) in [6, 6.07) is 1.51. The van der Waals surface area contributed by atoms with Crippen molar-refractivity contribution in [3.8, 4) is 0 Å². The van der Waals surface area contributed by atoms with Crippen molar-refractivity contribution in [1.82, 2.24) is 4.90 Å². The Labute approximate surface area is 103 Å². The fraction of sp³-hybridized carbons (Fsp3) is 0.455. The highest BCUT2D eigenvalue weighted by Gasteiger charge is 2.38. The summed E-state index contributed by atoms with van der Waals surface area (Å²) in [4.78, 5) is 24.2. The van der Waals surface area contributed by atoms with Crippen molar-refractivity contribution in [2.75, 3.05) is 13.1 Å². The van der Waals surface area contributed by atoms with Crippen LogP contribution in [0.25, 0.3) is 0 Å². The standard InChI is InChI=1S/C11H12ClNO4/c1-6(11(15)16)7-4-13(5-7)10(14)8-2-3-17-9(8)12/h2-3,6-7H,4-5H2,1H3,(H,15,16). The first-order valence-corrected chi connectivity index (χ1v) is 5.63. The van der Waals surface area contributed by atoms with E-state index in [1.807, 2.05) is 0 Å². The average Bonchev–Trinajstić information content (AvgIpc) is 2.61. The Morgan fingerprint density at radius 1 is 1.59 bits per heavy atom. The molecule has 0 aromatic carbocycles. The lowest BCUT2D eigenvalue weighted by Crippen LogP contribution is -2.53. The van der Waals surface area contributed by atoms with Gasteiger partial charge < -0.3 is 14.4 Å². The molecule has 1 aromatic rings. The van der Waals surface area contributed by atoms with Crippen LogP contribution in [-0.4, -0.2) is 35.0 Å². The summed E-state index contributed by atoms with van der Waals surface area (Å²) in [7, 11) is 0. The number of hydrogen-bond donors (Lipinski definition) is 1. The van der Waals surface area contributed by atoms with Crippen LogP contribution in [-0.2, 0) is 4.79 Å². The molecule has 2 rings (SSSR count). The molecular formula is C11H12ClNO4. The van der Waals surface area contributed by atoms with E-state index < -0.39 is 11.9 Å². The fourth-order valence-electron chi connectivity index (χ4n) is 1.81. The minimum atomic E-state index is -0.830. The molecule has 1 aliphatic heterocycles. The van der Waals surface area contributed by atoms with Gasteiger partial charge in [0, 0.05) is 19.0 Å². The van der Waals surface area contributed by atoms with Gasteiger partial charge in [-0.15, -0.1) is 0 Å². The number of halogens is 1. The summed E-state index contributed by atoms with van der Waals surface area (Å²) in [5.41, 5.74) is 0.327. The molecule has 1 unspecified atom stereocenters. The zero-order chi connectivity index (χ0) is 12.6. The van der Waals surface area contributed by atoms with Gasteiger partial charge in [0.05, 0.1) is 17.7 Å². The summed E-state index contributed by atoms with van der Waals surface area (Å²) in [6.45, 7) is 2.56. The number of hydrogen-bond acceptors (Lipinski definition) is 3. The SMILES string of the molecule is CC(C(=O)O)C1CN(C(=O)c2ccoc2Cl)C1. The molecule has 5 nitrogen and oxygen atoms in total. The predicted molar refractivity (Wildman–Crippen MR) is 59.9 cm³/mol. The molecule has 0 bridgehead atoms. The number of carbonyl (C=O) groups excluding carboxylic acids is 1. The number of aliphatic carboxylic acids is 1. The van der Waals surface area contributed by atoms with E-state index in [-0.39, 0.29) is 17.0 Å². The monoisotopic (exact) mass is 257 g/mol. The quantitative estimate of drug-likeness (QED) is 0.895. The van der Waals surface area contributed by atoms with Gasteiger partial charge in [-0.3, -0.25) is 9.59 Å². The number of carboxylic acid groups (broad SMARTS) is 1. The van der Waals surface area contributed by atoms with Gasteiger partial charge in [-0.2, -0.15) is 0 Å². The topological polar surface area (TPSA) is 70.8 Å². The molecule has 0 spiro atoms. The highest BCUT2D eigenvalue weighted by molar-refractivity contribution is 6.32. The van der Waals surface area contributed by atoms with Crippen molar-refractivity contribution in [3.63, 3.8) is 0 Å². The Balaban J connectivity index is 1.95. The molecule has 0 radical (unpaired) electrons. The molecule has 17 heavy (non-hydrogen) atoms. The number of amides is 1. The maximum Gasteiger partial charge on any atom is 0.306 e. The summed E-state index contributed by atoms with van der Waals surface area (Å²) in [5, 5.41) is 8.90. The normalized spacial score (nSPS) is 17.6. The third-order valence-corrected chi connectivity index (χ3v) is 3.43. The van der Waals surface area contributed by atoms with E-state index >= 15 is 0 Å². The molecule has 1 N–H and O–H groups in total. The number of furan rings is 1. The van der Waals surface area contributed by atoms with Gasteiger partial charge in [-0.1, -0.05) is 6.92 Å². The number of rotatable bonds is 3. The van der Waals surface area contributed by atoms with Crippen LogP contribution in [0.15, 0.2) is 16.7 Å². The molecule has 1 amide bonds. The van der Waals surface area contributed by atoms with Crippen LogP contribution < -0.4 is 0 Å². The average molecular weight is 258 g/mol. The van der Waals surface area contributed by atoms with Gasteiger partial charge >= 0.3 is 5.97 Å². The van der Waals surface area contributed by atoms with E-state index in [2.05, 4.69) is 0 Å². The second-order valence-electron chi connectivity index (χ2n) is 4.21. The smallest absolute Gasteiger partial charge is 0.306 e. The Hall–Kier alpha value is -1.49. The van der Waals surface area contributed by atoms with Crippen LogP contribution in [0.2, 0.25) is 5.22 Å². The molecule has 6 heteroatoms. The molecule has 1 fully saturated rings. The van der Waals surface area contributed by atoms with Crippen LogP contribution in [0.5, 0.6) is 0 Å². The van der Waals surface area contributed by atoms with Crippen LogP contribution in [0.3, 0.4) is 0 Å². The van der Waals surface area contributed by atoms with Crippen molar-refractivity contribution >= 4 is 23.5 Å². The lowest BCUT2D eigenvalue weighted by atomic mass is 9.87. The maximum atomic E-state index is 11.9. The Morgan fingerprint density at radius 2 is 2.24 bits per heavy atom. The summed E-state index contributed by atoms with van der Waals surface area (Å²) in [6.07, 6.45) is 1.35. The molecule has 2 heterocycles. The van der Waals surface area contributed by atoms with Crippen LogP contribution >= 0.6 is 11.6 Å². The number of carbonyl (C=O) groups is 2. The third kappa shape index (κ3) is 2.15. The van der Waals surface area contributed by atoms with Gasteiger partial charge in [0.25, 0.3) is 5.91 Å². The van der Waals surface area contributed by atoms with Gasteiger partial charge in [0.15, 0.2) is 0 Å². The molecule has 1 aliphatic rings. The van der Waals surface area contributed by atoms with E-state index in [4.69, 9.17) is 21.1 Å². The zero-order valence-corrected chi connectivity index (χ0v) is 9.98. The summed E-state index contributed by atoms with van der Waals surface area (Å²) < 4.78 is 4.84. The minimum absolute atomic E-state index is 0.0159. The second-order valence-corrected chi connectivity index (χ2v) is 4.55. The zero-order valence-electron chi connectivity index (χ0n) is 9.22. The van der Waals surface area contributed by atoms with Crippen molar-refractivity contribution < 1.29 is 19.1 Å². The molecule has 1 aromatic heterocycles. The predicted octanol–water partition coefficient (Wildman–Crippen LogP) is 1.73. The number of nitrogens with zero attached hydrogens (tertiary/aromatic N) is 1. The molecule has 1 atom stereocenters.